The van der Waals surface area contributed by atoms with Crippen LogP contribution < -0.4 is 10.9 Å². The third kappa shape index (κ3) is 3.94. The number of carbonyl (C=O) groups is 1. The van der Waals surface area contributed by atoms with Gasteiger partial charge in [0.2, 0.25) is 5.91 Å². The molecule has 1 heterocycles. The molecule has 0 radical (unpaired) electrons. The van der Waals surface area contributed by atoms with Gasteiger partial charge in [0.05, 0.1) is 11.8 Å². The van der Waals surface area contributed by atoms with Gasteiger partial charge in [-0.1, -0.05) is 19.8 Å². The maximum atomic E-state index is 12.3. The predicted molar refractivity (Wildman–Crippen MR) is 83.6 cm³/mol. The molecule has 0 unspecified atom stereocenters. The van der Waals surface area contributed by atoms with E-state index in [0.717, 1.165) is 24.1 Å². The Hall–Kier alpha value is -1.69. The molecule has 6 nitrogen and oxygen atoms in total. The molecular formula is C16H25N3O3. The molecular weight excluding hydrogens is 282 g/mol. The van der Waals surface area contributed by atoms with Crippen LogP contribution >= 0.6 is 0 Å². The summed E-state index contributed by atoms with van der Waals surface area (Å²) in [5.74, 6) is -0.150. The summed E-state index contributed by atoms with van der Waals surface area (Å²) in [5.41, 5.74) is 1.87. The molecule has 1 saturated carbocycles. The van der Waals surface area contributed by atoms with Gasteiger partial charge in [-0.2, -0.15) is 5.10 Å². The lowest BCUT2D eigenvalue weighted by Gasteiger charge is -2.20. The molecule has 2 N–H and O–H groups in total. The second-order valence-electron chi connectivity index (χ2n) is 5.90. The molecule has 22 heavy (non-hydrogen) atoms. The fourth-order valence-corrected chi connectivity index (χ4v) is 2.78. The molecule has 1 aromatic heterocycles. The lowest BCUT2D eigenvalue weighted by Crippen LogP contribution is -2.38. The summed E-state index contributed by atoms with van der Waals surface area (Å²) in [6, 6.07) is 0. The third-order valence-corrected chi connectivity index (χ3v) is 4.36. The molecule has 1 atom stereocenters. The number of ether oxygens (including phenoxy) is 1. The Bertz CT molecular complexity index is 576. The summed E-state index contributed by atoms with van der Waals surface area (Å²) in [4.78, 5) is 24.1. The number of rotatable bonds is 6. The average molecular weight is 307 g/mol. The van der Waals surface area contributed by atoms with Crippen molar-refractivity contribution in [3.05, 3.63) is 27.2 Å². The molecule has 0 aliphatic heterocycles. The fourth-order valence-electron chi connectivity index (χ4n) is 2.78. The quantitative estimate of drug-likeness (QED) is 0.838. The minimum Gasteiger partial charge on any atom is -0.365 e. The van der Waals surface area contributed by atoms with Crippen molar-refractivity contribution >= 4 is 5.91 Å². The lowest BCUT2D eigenvalue weighted by molar-refractivity contribution is -0.137. The van der Waals surface area contributed by atoms with Crippen molar-refractivity contribution in [1.29, 1.82) is 0 Å². The summed E-state index contributed by atoms with van der Waals surface area (Å²) in [7, 11) is 0. The van der Waals surface area contributed by atoms with E-state index in [1.54, 1.807) is 0 Å². The van der Waals surface area contributed by atoms with Gasteiger partial charge >= 0.3 is 0 Å². The van der Waals surface area contributed by atoms with E-state index in [2.05, 4.69) is 15.5 Å². The van der Waals surface area contributed by atoms with E-state index < -0.39 is 6.10 Å². The first-order chi connectivity index (χ1) is 10.5. The van der Waals surface area contributed by atoms with Gasteiger partial charge in [-0.15, -0.1) is 0 Å². The van der Waals surface area contributed by atoms with Crippen molar-refractivity contribution < 1.29 is 9.53 Å². The van der Waals surface area contributed by atoms with Crippen LogP contribution in [0.1, 0.15) is 55.8 Å². The summed E-state index contributed by atoms with van der Waals surface area (Å²) in [6.07, 6.45) is 4.81. The van der Waals surface area contributed by atoms with Crippen LogP contribution in [0.15, 0.2) is 4.79 Å². The van der Waals surface area contributed by atoms with Crippen LogP contribution in [0.25, 0.3) is 0 Å². The number of aryl methyl sites for hydroxylation is 1. The van der Waals surface area contributed by atoms with E-state index in [0.29, 0.717) is 12.0 Å². The summed E-state index contributed by atoms with van der Waals surface area (Å²) in [5, 5.41) is 9.18. The molecule has 1 amide bonds. The van der Waals surface area contributed by atoms with Gasteiger partial charge in [0.15, 0.2) is 0 Å². The molecule has 122 valence electrons. The second-order valence-corrected chi connectivity index (χ2v) is 5.90. The largest absolute Gasteiger partial charge is 0.365 e. The van der Waals surface area contributed by atoms with E-state index in [1.807, 2.05) is 20.8 Å². The molecule has 6 heteroatoms. The number of H-pyrrole nitrogens is 1. The number of hydrogen-bond donors (Lipinski definition) is 2. The first-order valence-electron chi connectivity index (χ1n) is 8.00. The maximum absolute atomic E-state index is 12.3. The molecule has 0 saturated heterocycles. The zero-order valence-corrected chi connectivity index (χ0v) is 13.6. The minimum absolute atomic E-state index is 0.150. The molecule has 1 aliphatic carbocycles. The van der Waals surface area contributed by atoms with Gasteiger partial charge in [0, 0.05) is 12.1 Å². The normalized spacial score (nSPS) is 16.7. The number of aromatic nitrogens is 2. The number of nitrogens with one attached hydrogen (secondary N) is 2. The van der Waals surface area contributed by atoms with Crippen LogP contribution in [-0.2, 0) is 16.1 Å². The number of hydrogen-bond acceptors (Lipinski definition) is 4. The Kier molecular flexibility index (Phi) is 5.71. The number of nitrogens with zero attached hydrogens (tertiary/aromatic N) is 1. The van der Waals surface area contributed by atoms with Crippen LogP contribution in [0.3, 0.4) is 0 Å². The van der Waals surface area contributed by atoms with Crippen molar-refractivity contribution in [2.75, 3.05) is 0 Å². The highest BCUT2D eigenvalue weighted by Crippen LogP contribution is 2.23. The Balaban J connectivity index is 1.96. The van der Waals surface area contributed by atoms with Crippen LogP contribution in [-0.4, -0.2) is 28.3 Å². The third-order valence-electron chi connectivity index (χ3n) is 4.36. The minimum atomic E-state index is -0.439. The zero-order chi connectivity index (χ0) is 16.1. The average Bonchev–Trinajstić information content (AvgIpc) is 3.01. The highest BCUT2D eigenvalue weighted by atomic mass is 16.5. The topological polar surface area (TPSA) is 84.1 Å². The molecule has 1 aromatic rings. The SMILES string of the molecule is CC[C@@H](OC1CCCC1)C(=O)NCc1c(C)c(C)n[nH]c1=O. The smallest absolute Gasteiger partial charge is 0.269 e. The number of aromatic amines is 1. The summed E-state index contributed by atoms with van der Waals surface area (Å²) in [6.45, 7) is 5.81. The molecule has 2 rings (SSSR count). The van der Waals surface area contributed by atoms with Gasteiger partial charge in [0.1, 0.15) is 6.10 Å². The highest BCUT2D eigenvalue weighted by molar-refractivity contribution is 5.80. The van der Waals surface area contributed by atoms with Gasteiger partial charge in [0.25, 0.3) is 5.56 Å². The molecule has 0 aromatic carbocycles. The summed E-state index contributed by atoms with van der Waals surface area (Å²) < 4.78 is 5.88. The Morgan fingerprint density at radius 2 is 2.09 bits per heavy atom. The van der Waals surface area contributed by atoms with Gasteiger partial charge < -0.3 is 10.1 Å². The first-order valence-corrected chi connectivity index (χ1v) is 8.00. The van der Waals surface area contributed by atoms with Gasteiger partial charge in [-0.3, -0.25) is 9.59 Å². The monoisotopic (exact) mass is 307 g/mol. The van der Waals surface area contributed by atoms with Crippen LogP contribution in [0, 0.1) is 13.8 Å². The van der Waals surface area contributed by atoms with Crippen molar-refractivity contribution in [2.24, 2.45) is 0 Å². The Labute approximate surface area is 130 Å². The molecule has 0 spiro atoms. The zero-order valence-electron chi connectivity index (χ0n) is 13.6. The fraction of sp³-hybridized carbons (Fsp3) is 0.688. The Morgan fingerprint density at radius 3 is 2.73 bits per heavy atom. The Morgan fingerprint density at radius 1 is 1.41 bits per heavy atom. The van der Waals surface area contributed by atoms with E-state index in [-0.39, 0.29) is 24.1 Å². The van der Waals surface area contributed by atoms with Crippen LogP contribution in [0.2, 0.25) is 0 Å². The van der Waals surface area contributed by atoms with E-state index in [9.17, 15) is 9.59 Å². The van der Waals surface area contributed by atoms with Gasteiger partial charge in [-0.05, 0) is 38.7 Å². The van der Waals surface area contributed by atoms with E-state index >= 15 is 0 Å². The lowest BCUT2D eigenvalue weighted by atomic mass is 10.1. The van der Waals surface area contributed by atoms with Crippen molar-refractivity contribution in [2.45, 2.75) is 71.6 Å². The van der Waals surface area contributed by atoms with Crippen LogP contribution in [0.5, 0.6) is 0 Å². The molecule has 1 aliphatic rings. The van der Waals surface area contributed by atoms with Gasteiger partial charge in [-0.25, -0.2) is 5.10 Å². The highest BCUT2D eigenvalue weighted by Gasteiger charge is 2.24. The molecule has 0 bridgehead atoms. The standard InChI is InChI=1S/C16H25N3O3/c1-4-14(22-12-7-5-6-8-12)16(21)17-9-13-10(2)11(3)18-19-15(13)20/h12,14H,4-9H2,1-3H3,(H,17,21)(H,19,20)/t14-/m1/s1. The predicted octanol–water partition coefficient (Wildman–Crippen LogP) is 1.74. The van der Waals surface area contributed by atoms with E-state index in [1.165, 1.54) is 12.8 Å². The van der Waals surface area contributed by atoms with Crippen LogP contribution in [0.4, 0.5) is 0 Å². The van der Waals surface area contributed by atoms with Crippen molar-refractivity contribution in [1.82, 2.24) is 15.5 Å². The van der Waals surface area contributed by atoms with Crippen molar-refractivity contribution in [3.8, 4) is 0 Å². The maximum Gasteiger partial charge on any atom is 0.269 e. The van der Waals surface area contributed by atoms with Crippen molar-refractivity contribution in [3.63, 3.8) is 0 Å². The summed E-state index contributed by atoms with van der Waals surface area (Å²) >= 11 is 0. The first kappa shape index (κ1) is 16.7. The van der Waals surface area contributed by atoms with E-state index in [4.69, 9.17) is 4.74 Å². The number of carbonyl (C=O) groups excluding carboxylic acids is 1. The second kappa shape index (κ2) is 7.54. The number of amides is 1. The molecule has 1 fully saturated rings.